The summed E-state index contributed by atoms with van der Waals surface area (Å²) in [6.07, 6.45) is 0. The van der Waals surface area contributed by atoms with Crippen molar-refractivity contribution in [3.8, 4) is 11.5 Å². The van der Waals surface area contributed by atoms with Gasteiger partial charge in [-0.2, -0.15) is 0 Å². The first-order valence-corrected chi connectivity index (χ1v) is 5.22. The number of ketones is 2. The molecular weight excluding hydrogens is 254 g/mol. The summed E-state index contributed by atoms with van der Waals surface area (Å²) in [5.74, 6) is -2.70. The molecule has 2 aromatic rings. The van der Waals surface area contributed by atoms with Crippen LogP contribution in [-0.2, 0) is 0 Å². The van der Waals surface area contributed by atoms with E-state index in [1.54, 1.807) is 0 Å². The molecule has 1 aliphatic carbocycles. The highest BCUT2D eigenvalue weighted by Crippen LogP contribution is 2.42. The highest BCUT2D eigenvalue weighted by molar-refractivity contribution is 6.54. The van der Waals surface area contributed by atoms with Crippen LogP contribution < -0.4 is 16.1 Å². The fourth-order valence-electron chi connectivity index (χ4n) is 2.21. The molecule has 1 aliphatic rings. The lowest BCUT2D eigenvalue weighted by Crippen LogP contribution is -2.27. The maximum Gasteiger partial charge on any atom is 0.351 e. The third kappa shape index (κ3) is 1.18. The smallest absolute Gasteiger partial charge is 0.351 e. The molecule has 0 amide bonds. The van der Waals surface area contributed by atoms with E-state index in [4.69, 9.17) is 14.9 Å². The summed E-state index contributed by atoms with van der Waals surface area (Å²) in [7, 11) is 1.28. The number of aromatic hydroxyl groups is 1. The topological polar surface area (TPSA) is 120 Å². The van der Waals surface area contributed by atoms with Gasteiger partial charge < -0.3 is 20.0 Å². The van der Waals surface area contributed by atoms with E-state index >= 15 is 0 Å². The number of fused-ring (bicyclic) bond motifs is 1. The third-order valence-corrected chi connectivity index (χ3v) is 3.02. The summed E-state index contributed by atoms with van der Waals surface area (Å²) in [6, 6.07) is 1.26. The lowest BCUT2D eigenvalue weighted by atomic mass is 9.90. The summed E-state index contributed by atoms with van der Waals surface area (Å²) >= 11 is 0. The summed E-state index contributed by atoms with van der Waals surface area (Å²) in [4.78, 5) is 35.3. The van der Waals surface area contributed by atoms with Crippen molar-refractivity contribution in [2.75, 3.05) is 12.8 Å². The van der Waals surface area contributed by atoms with Crippen molar-refractivity contribution >= 4 is 28.2 Å². The van der Waals surface area contributed by atoms with Crippen LogP contribution in [0.3, 0.4) is 0 Å². The molecule has 0 unspecified atom stereocenters. The fraction of sp³-hybridized carbons (Fsp3) is 0.0833. The van der Waals surface area contributed by atoms with Gasteiger partial charge in [0.15, 0.2) is 11.3 Å². The largest absolute Gasteiger partial charge is 0.506 e. The van der Waals surface area contributed by atoms with Gasteiger partial charge in [0.2, 0.25) is 11.6 Å². The van der Waals surface area contributed by atoms with Gasteiger partial charge in [-0.15, -0.1) is 0 Å². The maximum atomic E-state index is 12.0. The van der Waals surface area contributed by atoms with Crippen LogP contribution in [0.4, 0.5) is 5.69 Å². The third-order valence-electron chi connectivity index (χ3n) is 3.02. The normalized spacial score (nSPS) is 13.3. The number of carbonyl (C=O) groups is 2. The molecule has 3 rings (SSSR count). The number of hydrogen-bond acceptors (Lipinski definition) is 7. The van der Waals surface area contributed by atoms with Crippen LogP contribution in [0.1, 0.15) is 20.7 Å². The van der Waals surface area contributed by atoms with Gasteiger partial charge in [-0.25, -0.2) is 4.79 Å². The van der Waals surface area contributed by atoms with E-state index in [9.17, 15) is 19.5 Å². The predicted molar refractivity (Wildman–Crippen MR) is 63.8 cm³/mol. The van der Waals surface area contributed by atoms with Crippen LogP contribution in [0.5, 0.6) is 11.5 Å². The lowest BCUT2D eigenvalue weighted by molar-refractivity contribution is 0.0808. The molecule has 0 saturated heterocycles. The summed E-state index contributed by atoms with van der Waals surface area (Å²) in [5, 5.41) is 9.90. The second kappa shape index (κ2) is 3.35. The van der Waals surface area contributed by atoms with E-state index in [1.807, 2.05) is 0 Å². The summed E-state index contributed by atoms with van der Waals surface area (Å²) < 4.78 is 9.86. The van der Waals surface area contributed by atoms with Crippen molar-refractivity contribution in [2.24, 2.45) is 0 Å². The highest BCUT2D eigenvalue weighted by atomic mass is 16.5. The van der Waals surface area contributed by atoms with Crippen molar-refractivity contribution < 1.29 is 23.8 Å². The van der Waals surface area contributed by atoms with E-state index in [0.717, 1.165) is 0 Å². The Morgan fingerprint density at radius 3 is 2.47 bits per heavy atom. The molecule has 7 heteroatoms. The van der Waals surface area contributed by atoms with Crippen LogP contribution in [0.2, 0.25) is 0 Å². The maximum absolute atomic E-state index is 12.0. The molecule has 7 nitrogen and oxygen atoms in total. The van der Waals surface area contributed by atoms with Crippen LogP contribution in [0, 0.1) is 0 Å². The summed E-state index contributed by atoms with van der Waals surface area (Å²) in [5.41, 5.74) is 3.72. The molecule has 0 atom stereocenters. The first-order chi connectivity index (χ1) is 8.97. The zero-order valence-corrected chi connectivity index (χ0v) is 9.64. The van der Waals surface area contributed by atoms with Gasteiger partial charge in [-0.05, 0) is 0 Å². The molecule has 0 radical (unpaired) electrons. The monoisotopic (exact) mass is 261 g/mol. The molecule has 1 aromatic heterocycles. The van der Waals surface area contributed by atoms with Gasteiger partial charge in [0.1, 0.15) is 11.3 Å². The molecule has 0 spiro atoms. The average molecular weight is 261 g/mol. The van der Waals surface area contributed by atoms with Crippen molar-refractivity contribution in [3.05, 3.63) is 27.6 Å². The number of nitrogen functional groups attached to an aromatic ring is 1. The number of benzene rings is 1. The Labute approximate surface area is 105 Å². The average Bonchev–Trinajstić information content (AvgIpc) is 2.34. The number of hydrogen-bond donors (Lipinski definition) is 2. The van der Waals surface area contributed by atoms with Gasteiger partial charge in [0.25, 0.3) is 0 Å². The number of methoxy groups -OCH3 is 1. The van der Waals surface area contributed by atoms with Gasteiger partial charge in [-0.1, -0.05) is 0 Å². The number of rotatable bonds is 1. The first-order valence-electron chi connectivity index (χ1n) is 5.22. The Bertz CT molecular complexity index is 832. The Balaban J connectivity index is 2.69. The van der Waals surface area contributed by atoms with Crippen molar-refractivity contribution in [2.45, 2.75) is 0 Å². The van der Waals surface area contributed by atoms with Crippen LogP contribution in [0.25, 0.3) is 11.0 Å². The van der Waals surface area contributed by atoms with Crippen molar-refractivity contribution in [1.82, 2.24) is 0 Å². The molecule has 1 heterocycles. The highest BCUT2D eigenvalue weighted by Gasteiger charge is 2.38. The zero-order valence-electron chi connectivity index (χ0n) is 9.64. The molecule has 2 bridgehead atoms. The molecular formula is C12H7NO6. The molecule has 3 N–H and O–H groups in total. The summed E-state index contributed by atoms with van der Waals surface area (Å²) in [6.45, 7) is 0. The van der Waals surface area contributed by atoms with E-state index in [0.29, 0.717) is 0 Å². The molecule has 0 saturated carbocycles. The fourth-order valence-corrected chi connectivity index (χ4v) is 2.21. The Hall–Kier alpha value is -2.83. The van der Waals surface area contributed by atoms with Gasteiger partial charge >= 0.3 is 5.63 Å². The van der Waals surface area contributed by atoms with E-state index in [-0.39, 0.29) is 28.0 Å². The minimum atomic E-state index is -1.13. The minimum Gasteiger partial charge on any atom is -0.506 e. The van der Waals surface area contributed by atoms with Crippen LogP contribution in [0.15, 0.2) is 15.3 Å². The number of Topliss-reactive ketones (excluding diaryl/α,β-unsaturated/α-hetero) is 2. The van der Waals surface area contributed by atoms with Crippen molar-refractivity contribution in [1.29, 1.82) is 0 Å². The second-order valence-corrected chi connectivity index (χ2v) is 4.02. The number of nitrogens with two attached hydrogens (primary N) is 1. The van der Waals surface area contributed by atoms with E-state index < -0.39 is 28.5 Å². The predicted octanol–water partition coefficient (Wildman–Crippen LogP) is 0.468. The Morgan fingerprint density at radius 1 is 1.21 bits per heavy atom. The second-order valence-electron chi connectivity index (χ2n) is 4.02. The first kappa shape index (κ1) is 11.3. The van der Waals surface area contributed by atoms with Gasteiger partial charge in [0, 0.05) is 6.07 Å². The lowest BCUT2D eigenvalue weighted by Gasteiger charge is -2.17. The number of anilines is 1. The molecule has 1 aromatic carbocycles. The van der Waals surface area contributed by atoms with Crippen LogP contribution in [-0.4, -0.2) is 23.8 Å². The van der Waals surface area contributed by atoms with Crippen molar-refractivity contribution in [3.63, 3.8) is 0 Å². The molecule has 0 fully saturated rings. The van der Waals surface area contributed by atoms with Gasteiger partial charge in [0.05, 0.1) is 23.7 Å². The molecule has 96 valence electrons. The number of carbonyl (C=O) groups excluding carboxylic acids is 2. The molecule has 19 heavy (non-hydrogen) atoms. The Morgan fingerprint density at radius 2 is 1.84 bits per heavy atom. The zero-order chi connectivity index (χ0) is 13.9. The number of ether oxygens (including phenoxy) is 1. The standard InChI is InChI=1S/C12H7NO6/c1-18-11-3(13)2-4-5-6(11)9(15)10(16)7(8(5)14)12(17)19-4/h2,14H,13H2,1H3. The van der Waals surface area contributed by atoms with Gasteiger partial charge in [-0.3, -0.25) is 9.59 Å². The minimum absolute atomic E-state index is 0.0272. The van der Waals surface area contributed by atoms with Crippen LogP contribution >= 0.6 is 0 Å². The Kier molecular flexibility index (Phi) is 1.99. The van der Waals surface area contributed by atoms with E-state index in [2.05, 4.69) is 0 Å². The SMILES string of the molecule is COc1c(N)cc2oc(=O)c3c(O)c2c1C(=O)C3=O. The molecule has 0 aliphatic heterocycles. The quantitative estimate of drug-likeness (QED) is 0.434. The van der Waals surface area contributed by atoms with E-state index in [1.165, 1.54) is 13.2 Å².